The molecule has 156 valence electrons. The van der Waals surface area contributed by atoms with Gasteiger partial charge in [0.25, 0.3) is 11.5 Å². The van der Waals surface area contributed by atoms with Crippen molar-refractivity contribution in [1.29, 1.82) is 0 Å². The first kappa shape index (κ1) is 21.2. The number of halogens is 3. The number of hydrogen-bond acceptors (Lipinski definition) is 3. The van der Waals surface area contributed by atoms with Gasteiger partial charge in [-0.3, -0.25) is 9.59 Å². The third-order valence-electron chi connectivity index (χ3n) is 4.59. The molecule has 8 heteroatoms. The molecule has 1 atom stereocenters. The van der Waals surface area contributed by atoms with E-state index in [4.69, 9.17) is 4.74 Å². The minimum atomic E-state index is -4.71. The van der Waals surface area contributed by atoms with Gasteiger partial charge in [0, 0.05) is 0 Å². The molecule has 3 rings (SSSR count). The summed E-state index contributed by atoms with van der Waals surface area (Å²) in [7, 11) is 1.53. The lowest BCUT2D eigenvalue weighted by atomic mass is 9.97. The van der Waals surface area contributed by atoms with Gasteiger partial charge in [-0.15, -0.1) is 0 Å². The quantitative estimate of drug-likeness (QED) is 0.654. The van der Waals surface area contributed by atoms with Gasteiger partial charge in [0.2, 0.25) is 0 Å². The van der Waals surface area contributed by atoms with Gasteiger partial charge in [-0.25, -0.2) is 0 Å². The molecule has 0 radical (unpaired) electrons. The molecule has 0 aliphatic carbocycles. The first-order valence-electron chi connectivity index (χ1n) is 9.01. The molecule has 0 aliphatic heterocycles. The van der Waals surface area contributed by atoms with Gasteiger partial charge in [-0.05, 0) is 42.3 Å². The number of aromatic nitrogens is 1. The number of methoxy groups -OCH3 is 1. The van der Waals surface area contributed by atoms with Gasteiger partial charge in [0.1, 0.15) is 17.0 Å². The predicted molar refractivity (Wildman–Crippen MR) is 106 cm³/mol. The summed E-state index contributed by atoms with van der Waals surface area (Å²) >= 11 is 0. The molecule has 1 heterocycles. The highest BCUT2D eigenvalue weighted by Crippen LogP contribution is 2.27. The molecule has 0 fully saturated rings. The lowest BCUT2D eigenvalue weighted by Gasteiger charge is -2.20. The Hall–Kier alpha value is -3.55. The Morgan fingerprint density at radius 3 is 2.03 bits per heavy atom. The van der Waals surface area contributed by atoms with Crippen LogP contribution in [0.15, 0.2) is 65.5 Å². The number of carbonyl (C=O) groups is 1. The molecule has 30 heavy (non-hydrogen) atoms. The molecule has 0 spiro atoms. The average molecular weight is 416 g/mol. The van der Waals surface area contributed by atoms with E-state index in [2.05, 4.69) is 5.32 Å². The predicted octanol–water partition coefficient (Wildman–Crippen LogP) is 4.23. The Balaban J connectivity index is 1.95. The number of nitrogens with one attached hydrogen (secondary N) is 2. The summed E-state index contributed by atoms with van der Waals surface area (Å²) in [6.07, 6.45) is -4.71. The van der Waals surface area contributed by atoms with E-state index >= 15 is 0 Å². The number of hydrogen-bond donors (Lipinski definition) is 2. The number of pyridine rings is 1. The molecule has 0 saturated heterocycles. The number of aryl methyl sites for hydroxylation is 1. The van der Waals surface area contributed by atoms with Crippen LogP contribution in [0.2, 0.25) is 0 Å². The topological polar surface area (TPSA) is 71.2 Å². The highest BCUT2D eigenvalue weighted by molar-refractivity contribution is 5.94. The van der Waals surface area contributed by atoms with Crippen LogP contribution in [0, 0.1) is 6.92 Å². The summed E-state index contributed by atoms with van der Waals surface area (Å²) in [6, 6.07) is 15.3. The maximum Gasteiger partial charge on any atom is 0.431 e. The van der Waals surface area contributed by atoms with E-state index in [0.717, 1.165) is 22.8 Å². The average Bonchev–Trinajstić information content (AvgIpc) is 2.72. The number of ether oxygens (including phenoxy) is 1. The molecule has 5 nitrogen and oxygen atoms in total. The summed E-state index contributed by atoms with van der Waals surface area (Å²) in [5, 5.41) is 2.74. The molecule has 0 saturated carbocycles. The van der Waals surface area contributed by atoms with Crippen molar-refractivity contribution in [2.75, 3.05) is 7.11 Å². The molecular weight excluding hydrogens is 397 g/mol. The Bertz CT molecular complexity index is 1090. The highest BCUT2D eigenvalue weighted by atomic mass is 19.4. The Labute approximate surface area is 170 Å². The van der Waals surface area contributed by atoms with E-state index < -0.39 is 34.9 Å². The molecule has 0 aliphatic rings. The molecule has 2 N–H and O–H groups in total. The monoisotopic (exact) mass is 416 g/mol. The SMILES string of the molecule is COc1ccc(C(NC(=O)c2ccc(C(F)(F)F)[nH]c2=O)c2ccc(C)cc2)cc1. The summed E-state index contributed by atoms with van der Waals surface area (Å²) in [4.78, 5) is 26.5. The molecule has 1 amide bonds. The van der Waals surface area contributed by atoms with Crippen molar-refractivity contribution in [3.8, 4) is 5.75 Å². The van der Waals surface area contributed by atoms with Crippen molar-refractivity contribution in [2.24, 2.45) is 0 Å². The van der Waals surface area contributed by atoms with Gasteiger partial charge in [-0.2, -0.15) is 13.2 Å². The Morgan fingerprint density at radius 2 is 1.53 bits per heavy atom. The lowest BCUT2D eigenvalue weighted by Crippen LogP contribution is -2.34. The van der Waals surface area contributed by atoms with E-state index in [1.807, 2.05) is 31.2 Å². The first-order valence-corrected chi connectivity index (χ1v) is 9.01. The minimum absolute atomic E-state index is 0.409. The number of H-pyrrole nitrogens is 1. The van der Waals surface area contributed by atoms with Crippen LogP contribution in [0.5, 0.6) is 5.75 Å². The van der Waals surface area contributed by atoms with E-state index in [-0.39, 0.29) is 0 Å². The van der Waals surface area contributed by atoms with Crippen LogP contribution in [0.3, 0.4) is 0 Å². The number of amides is 1. The van der Waals surface area contributed by atoms with Crippen molar-refractivity contribution >= 4 is 5.91 Å². The zero-order chi connectivity index (χ0) is 21.9. The van der Waals surface area contributed by atoms with E-state index in [0.29, 0.717) is 11.8 Å². The zero-order valence-corrected chi connectivity index (χ0v) is 16.2. The number of benzene rings is 2. The van der Waals surface area contributed by atoms with Crippen LogP contribution in [-0.2, 0) is 6.18 Å². The van der Waals surface area contributed by atoms with Gasteiger partial charge in [0.05, 0.1) is 13.2 Å². The van der Waals surface area contributed by atoms with Gasteiger partial charge >= 0.3 is 6.18 Å². The van der Waals surface area contributed by atoms with E-state index in [1.165, 1.54) is 7.11 Å². The van der Waals surface area contributed by atoms with Crippen LogP contribution in [0.25, 0.3) is 0 Å². The second kappa shape index (κ2) is 8.44. The normalized spacial score (nSPS) is 12.3. The van der Waals surface area contributed by atoms with E-state index in [9.17, 15) is 22.8 Å². The number of carbonyl (C=O) groups excluding carboxylic acids is 1. The molecule has 1 aromatic heterocycles. The Morgan fingerprint density at radius 1 is 0.967 bits per heavy atom. The zero-order valence-electron chi connectivity index (χ0n) is 16.2. The van der Waals surface area contributed by atoms with E-state index in [1.54, 1.807) is 29.2 Å². The maximum absolute atomic E-state index is 12.8. The molecular formula is C22H19F3N2O3. The van der Waals surface area contributed by atoms with Crippen LogP contribution in [0.4, 0.5) is 13.2 Å². The summed E-state index contributed by atoms with van der Waals surface area (Å²) in [5.41, 5.74) is -0.237. The minimum Gasteiger partial charge on any atom is -0.497 e. The molecule has 2 aromatic carbocycles. The van der Waals surface area contributed by atoms with Crippen molar-refractivity contribution in [1.82, 2.24) is 10.3 Å². The van der Waals surface area contributed by atoms with Crippen LogP contribution in [0.1, 0.15) is 38.8 Å². The van der Waals surface area contributed by atoms with Gasteiger partial charge < -0.3 is 15.0 Å². The summed E-state index contributed by atoms with van der Waals surface area (Å²) in [6.45, 7) is 1.92. The van der Waals surface area contributed by atoms with Gasteiger partial charge in [-0.1, -0.05) is 42.0 Å². The summed E-state index contributed by atoms with van der Waals surface area (Å²) in [5.74, 6) is -0.154. The fourth-order valence-corrected chi connectivity index (χ4v) is 2.94. The second-order valence-electron chi connectivity index (χ2n) is 6.70. The number of aromatic amines is 1. The number of rotatable bonds is 5. The Kier molecular flexibility index (Phi) is 5.96. The van der Waals surface area contributed by atoms with Crippen molar-refractivity contribution < 1.29 is 22.7 Å². The molecule has 3 aromatic rings. The van der Waals surface area contributed by atoms with Gasteiger partial charge in [0.15, 0.2) is 0 Å². The third kappa shape index (κ3) is 4.71. The lowest BCUT2D eigenvalue weighted by molar-refractivity contribution is -0.141. The molecule has 0 bridgehead atoms. The second-order valence-corrected chi connectivity index (χ2v) is 6.70. The molecule has 1 unspecified atom stereocenters. The summed E-state index contributed by atoms with van der Waals surface area (Å²) < 4.78 is 43.5. The fourth-order valence-electron chi connectivity index (χ4n) is 2.94. The maximum atomic E-state index is 12.8. The highest BCUT2D eigenvalue weighted by Gasteiger charge is 2.32. The van der Waals surface area contributed by atoms with Crippen molar-refractivity contribution in [2.45, 2.75) is 19.1 Å². The van der Waals surface area contributed by atoms with Crippen molar-refractivity contribution in [3.05, 3.63) is 99.0 Å². The first-order chi connectivity index (χ1) is 14.2. The third-order valence-corrected chi connectivity index (χ3v) is 4.59. The van der Waals surface area contributed by atoms with Crippen LogP contribution >= 0.6 is 0 Å². The van der Waals surface area contributed by atoms with Crippen LogP contribution in [-0.4, -0.2) is 18.0 Å². The van der Waals surface area contributed by atoms with Crippen molar-refractivity contribution in [3.63, 3.8) is 0 Å². The number of alkyl halides is 3. The smallest absolute Gasteiger partial charge is 0.431 e. The standard InChI is InChI=1S/C22H19F3N2O3/c1-13-3-5-14(6-4-13)19(15-7-9-16(30-2)10-8-15)27-21(29)17-11-12-18(22(23,24)25)26-20(17)28/h3-12,19H,1-2H3,(H,26,28)(H,27,29). The largest absolute Gasteiger partial charge is 0.497 e. The fraction of sp³-hybridized carbons (Fsp3) is 0.182. The van der Waals surface area contributed by atoms with Crippen LogP contribution < -0.4 is 15.6 Å².